The molecule has 0 radical (unpaired) electrons. The third kappa shape index (κ3) is 2.18. The van der Waals surface area contributed by atoms with E-state index in [0.29, 0.717) is 11.3 Å². The highest BCUT2D eigenvalue weighted by Gasteiger charge is 2.28. The number of phenolic OH excluding ortho intramolecular Hbond substituents is 1. The van der Waals surface area contributed by atoms with Crippen molar-refractivity contribution in [3.8, 4) is 11.5 Å². The number of fused-ring (bicyclic) bond motifs is 3. The smallest absolute Gasteiger partial charge is 0.196 e. The second kappa shape index (κ2) is 4.61. The summed E-state index contributed by atoms with van der Waals surface area (Å²) in [5, 5.41) is 29.3. The number of hydrogen-bond donors (Lipinski definition) is 3. The number of ether oxygens (including phenoxy) is 1. The van der Waals surface area contributed by atoms with Crippen molar-refractivity contribution >= 4 is 17.0 Å². The van der Waals surface area contributed by atoms with Crippen LogP contribution in [0, 0.1) is 6.92 Å². The summed E-state index contributed by atoms with van der Waals surface area (Å²) in [6.07, 6.45) is 2.90. The molecule has 3 rings (SSSR count). The van der Waals surface area contributed by atoms with Gasteiger partial charge in [-0.25, -0.2) is 0 Å². The molecule has 1 unspecified atom stereocenters. The lowest BCUT2D eigenvalue weighted by Crippen LogP contribution is -2.37. The van der Waals surface area contributed by atoms with Crippen molar-refractivity contribution in [1.82, 2.24) is 0 Å². The van der Waals surface area contributed by atoms with E-state index in [1.165, 1.54) is 24.3 Å². The highest BCUT2D eigenvalue weighted by atomic mass is 16.5. The second-order valence-electron chi connectivity index (χ2n) is 5.12. The van der Waals surface area contributed by atoms with Crippen molar-refractivity contribution in [2.45, 2.75) is 12.5 Å². The Morgan fingerprint density at radius 1 is 1.38 bits per heavy atom. The van der Waals surface area contributed by atoms with Crippen molar-refractivity contribution in [3.63, 3.8) is 0 Å². The number of aryl methyl sites for hydroxylation is 1. The molecule has 1 atom stereocenters. The van der Waals surface area contributed by atoms with Gasteiger partial charge in [0.25, 0.3) is 0 Å². The summed E-state index contributed by atoms with van der Waals surface area (Å²) in [6.45, 7) is 0.945. The molecule has 3 N–H and O–H groups in total. The summed E-state index contributed by atoms with van der Waals surface area (Å²) in [7, 11) is 0. The van der Waals surface area contributed by atoms with E-state index in [1.54, 1.807) is 6.92 Å². The van der Waals surface area contributed by atoms with Crippen LogP contribution in [0.1, 0.15) is 11.3 Å². The highest BCUT2D eigenvalue weighted by molar-refractivity contribution is 5.93. The Hall–Kier alpha value is -2.31. The first kappa shape index (κ1) is 13.7. The number of rotatable bonds is 1. The maximum Gasteiger partial charge on any atom is 0.196 e. The fraction of sp³-hybridized carbons (Fsp3) is 0.267. The topological polar surface area (TPSA) is 100 Å². The lowest BCUT2D eigenvalue weighted by Gasteiger charge is -2.20. The predicted molar refractivity (Wildman–Crippen MR) is 75.5 cm³/mol. The molecule has 6 heteroatoms. The molecule has 0 spiro atoms. The van der Waals surface area contributed by atoms with Crippen molar-refractivity contribution in [1.29, 1.82) is 0 Å². The maximum absolute atomic E-state index is 12.0. The number of hydrogen-bond acceptors (Lipinski definition) is 6. The van der Waals surface area contributed by atoms with E-state index in [1.807, 2.05) is 0 Å². The average Bonchev–Trinajstić information content (AvgIpc) is 2.59. The molecule has 0 saturated heterocycles. The van der Waals surface area contributed by atoms with Gasteiger partial charge in [0.15, 0.2) is 11.0 Å². The Labute approximate surface area is 119 Å². The molecule has 110 valence electrons. The lowest BCUT2D eigenvalue weighted by molar-refractivity contribution is -0.00750. The van der Waals surface area contributed by atoms with Gasteiger partial charge in [-0.1, -0.05) is 0 Å². The van der Waals surface area contributed by atoms with Crippen LogP contribution in [0.15, 0.2) is 27.4 Å². The van der Waals surface area contributed by atoms with Crippen LogP contribution in [0.5, 0.6) is 11.5 Å². The van der Waals surface area contributed by atoms with Gasteiger partial charge in [-0.3, -0.25) is 4.79 Å². The largest absolute Gasteiger partial charge is 0.507 e. The van der Waals surface area contributed by atoms with Crippen LogP contribution >= 0.6 is 0 Å². The summed E-state index contributed by atoms with van der Waals surface area (Å²) in [5.41, 5.74) is -1.25. The van der Waals surface area contributed by atoms with Crippen LogP contribution in [0.25, 0.3) is 17.0 Å². The van der Waals surface area contributed by atoms with E-state index >= 15 is 0 Å². The van der Waals surface area contributed by atoms with E-state index < -0.39 is 12.2 Å². The molecule has 6 nitrogen and oxygen atoms in total. The standard InChI is InChI=1S/C15H14O6/c1-8-4-10(17)13-11(18)5-12-9(14(13)21-8)2-3-15(19,6-16)7-20-12/h2-5,16,18-19H,6-7H2,1H3. The minimum atomic E-state index is -1.52. The number of phenols is 1. The molecule has 0 fully saturated rings. The normalized spacial score (nSPS) is 20.9. The summed E-state index contributed by atoms with van der Waals surface area (Å²) in [5.74, 6) is 0.421. The summed E-state index contributed by atoms with van der Waals surface area (Å²) in [4.78, 5) is 12.0. The molecule has 0 amide bonds. The fourth-order valence-electron chi connectivity index (χ4n) is 2.29. The zero-order valence-electron chi connectivity index (χ0n) is 11.3. The van der Waals surface area contributed by atoms with E-state index in [4.69, 9.17) is 9.15 Å². The maximum atomic E-state index is 12.0. The SMILES string of the molecule is Cc1cc(=O)c2c(O)cc3c(c2o1)C=CC(O)(CO)CO3. The zero-order chi connectivity index (χ0) is 15.2. The van der Waals surface area contributed by atoms with E-state index in [0.717, 1.165) is 0 Å². The van der Waals surface area contributed by atoms with Gasteiger partial charge < -0.3 is 24.5 Å². The van der Waals surface area contributed by atoms with Gasteiger partial charge in [-0.2, -0.15) is 0 Å². The van der Waals surface area contributed by atoms with Crippen LogP contribution in [-0.2, 0) is 0 Å². The fourth-order valence-corrected chi connectivity index (χ4v) is 2.29. The van der Waals surface area contributed by atoms with Gasteiger partial charge in [0, 0.05) is 12.1 Å². The van der Waals surface area contributed by atoms with E-state index in [2.05, 4.69) is 0 Å². The van der Waals surface area contributed by atoms with Crippen LogP contribution in [0.4, 0.5) is 0 Å². The van der Waals surface area contributed by atoms with Crippen LogP contribution in [0.3, 0.4) is 0 Å². The van der Waals surface area contributed by atoms with Gasteiger partial charge in [-0.15, -0.1) is 0 Å². The van der Waals surface area contributed by atoms with Crippen LogP contribution in [-0.4, -0.2) is 34.1 Å². The Bertz CT molecular complexity index is 804. The molecular weight excluding hydrogens is 276 g/mol. The summed E-state index contributed by atoms with van der Waals surface area (Å²) >= 11 is 0. The number of aliphatic hydroxyl groups is 2. The van der Waals surface area contributed by atoms with Gasteiger partial charge in [0.05, 0.1) is 12.2 Å². The van der Waals surface area contributed by atoms with Crippen LogP contribution < -0.4 is 10.2 Å². The number of aliphatic hydroxyl groups excluding tert-OH is 1. The molecule has 1 aromatic carbocycles. The Kier molecular flexibility index (Phi) is 3.00. The molecule has 0 bridgehead atoms. The number of aromatic hydroxyl groups is 1. The molecular formula is C15H14O6. The minimum absolute atomic E-state index is 0.0574. The first-order valence-electron chi connectivity index (χ1n) is 6.39. The van der Waals surface area contributed by atoms with Crippen molar-refractivity contribution in [2.75, 3.05) is 13.2 Å². The quantitative estimate of drug-likeness (QED) is 0.722. The third-order valence-electron chi connectivity index (χ3n) is 3.42. The predicted octanol–water partition coefficient (Wildman–Crippen LogP) is 0.936. The molecule has 0 aliphatic carbocycles. The average molecular weight is 290 g/mol. The Morgan fingerprint density at radius 2 is 2.14 bits per heavy atom. The summed E-state index contributed by atoms with van der Waals surface area (Å²) < 4.78 is 11.0. The van der Waals surface area contributed by atoms with Crippen molar-refractivity contribution in [2.24, 2.45) is 0 Å². The molecule has 21 heavy (non-hydrogen) atoms. The first-order chi connectivity index (χ1) is 9.93. The summed E-state index contributed by atoms with van der Waals surface area (Å²) in [6, 6.07) is 2.59. The van der Waals surface area contributed by atoms with Gasteiger partial charge in [0.2, 0.25) is 0 Å². The molecule has 0 saturated carbocycles. The Balaban J connectivity index is 2.34. The van der Waals surface area contributed by atoms with Gasteiger partial charge >= 0.3 is 0 Å². The highest BCUT2D eigenvalue weighted by Crippen LogP contribution is 2.37. The van der Waals surface area contributed by atoms with Crippen molar-refractivity contribution < 1.29 is 24.5 Å². The molecule has 1 aromatic heterocycles. The minimum Gasteiger partial charge on any atom is -0.507 e. The number of benzene rings is 1. The lowest BCUT2D eigenvalue weighted by atomic mass is 10.0. The first-order valence-corrected chi connectivity index (χ1v) is 6.39. The third-order valence-corrected chi connectivity index (χ3v) is 3.42. The molecule has 2 aromatic rings. The van der Waals surface area contributed by atoms with Crippen molar-refractivity contribution in [3.05, 3.63) is 39.8 Å². The van der Waals surface area contributed by atoms with Gasteiger partial charge in [-0.05, 0) is 19.1 Å². The Morgan fingerprint density at radius 3 is 2.86 bits per heavy atom. The van der Waals surface area contributed by atoms with Gasteiger partial charge in [0.1, 0.15) is 34.9 Å². The molecule has 1 aliphatic heterocycles. The van der Waals surface area contributed by atoms with E-state index in [-0.39, 0.29) is 34.5 Å². The zero-order valence-corrected chi connectivity index (χ0v) is 11.3. The van der Waals surface area contributed by atoms with E-state index in [9.17, 15) is 20.1 Å². The second-order valence-corrected chi connectivity index (χ2v) is 5.12. The van der Waals surface area contributed by atoms with Crippen LogP contribution in [0.2, 0.25) is 0 Å². The molecule has 2 heterocycles. The molecule has 1 aliphatic rings. The monoisotopic (exact) mass is 290 g/mol.